The lowest BCUT2D eigenvalue weighted by atomic mass is 10.1. The highest BCUT2D eigenvalue weighted by Gasteiger charge is 2.12. The number of hydrogen-bond donors (Lipinski definition) is 1. The van der Waals surface area contributed by atoms with Gasteiger partial charge in [-0.05, 0) is 29.8 Å². The van der Waals surface area contributed by atoms with Crippen molar-refractivity contribution in [1.82, 2.24) is 4.57 Å². The summed E-state index contributed by atoms with van der Waals surface area (Å²) in [6.45, 7) is 0.269. The second-order valence-electron chi connectivity index (χ2n) is 4.74. The third-order valence-corrected chi connectivity index (χ3v) is 3.36. The van der Waals surface area contributed by atoms with Crippen LogP contribution in [-0.4, -0.2) is 15.6 Å². The number of nitrogens with zero attached hydrogens (tertiary/aromatic N) is 1. The highest BCUT2D eigenvalue weighted by Crippen LogP contribution is 2.22. The molecule has 21 heavy (non-hydrogen) atoms. The van der Waals surface area contributed by atoms with Gasteiger partial charge in [0, 0.05) is 18.1 Å². The fourth-order valence-electron chi connectivity index (χ4n) is 2.40. The number of rotatable bonds is 3. The quantitative estimate of drug-likeness (QED) is 0.798. The van der Waals surface area contributed by atoms with E-state index in [1.54, 1.807) is 22.9 Å². The molecule has 3 nitrogen and oxygen atoms in total. The number of fused-ring (bicyclic) bond motifs is 1. The van der Waals surface area contributed by atoms with Crippen LogP contribution in [0.1, 0.15) is 15.9 Å². The number of para-hydroxylation sites is 1. The molecular weight excluding hydrogens is 276 g/mol. The van der Waals surface area contributed by atoms with Crippen LogP contribution in [0.25, 0.3) is 10.9 Å². The van der Waals surface area contributed by atoms with Crippen molar-refractivity contribution in [2.75, 3.05) is 0 Å². The molecular formula is C16H11F2NO2. The molecule has 5 heteroatoms. The van der Waals surface area contributed by atoms with Gasteiger partial charge in [0.05, 0.1) is 11.1 Å². The maximum atomic E-state index is 13.3. The minimum Gasteiger partial charge on any atom is -0.478 e. The zero-order chi connectivity index (χ0) is 15.0. The number of aromatic nitrogens is 1. The first-order valence-electron chi connectivity index (χ1n) is 6.31. The van der Waals surface area contributed by atoms with Crippen molar-refractivity contribution in [2.45, 2.75) is 6.54 Å². The number of halogens is 2. The first-order valence-corrected chi connectivity index (χ1v) is 6.31. The van der Waals surface area contributed by atoms with Gasteiger partial charge in [-0.2, -0.15) is 0 Å². The van der Waals surface area contributed by atoms with Crippen molar-refractivity contribution < 1.29 is 18.7 Å². The summed E-state index contributed by atoms with van der Waals surface area (Å²) < 4.78 is 27.9. The van der Waals surface area contributed by atoms with Gasteiger partial charge in [-0.15, -0.1) is 0 Å². The van der Waals surface area contributed by atoms with Crippen molar-refractivity contribution >= 4 is 16.9 Å². The fourth-order valence-corrected chi connectivity index (χ4v) is 2.40. The Labute approximate surface area is 119 Å². The first-order chi connectivity index (χ1) is 10.1. The molecule has 0 fully saturated rings. The second-order valence-corrected chi connectivity index (χ2v) is 4.74. The summed E-state index contributed by atoms with van der Waals surface area (Å²) in [6, 6.07) is 10.5. The molecule has 0 radical (unpaired) electrons. The predicted octanol–water partition coefficient (Wildman–Crippen LogP) is 3.67. The van der Waals surface area contributed by atoms with Gasteiger partial charge in [0.2, 0.25) is 0 Å². The van der Waals surface area contributed by atoms with E-state index in [-0.39, 0.29) is 12.1 Å². The molecule has 106 valence electrons. The molecule has 1 heterocycles. The maximum Gasteiger partial charge on any atom is 0.337 e. The summed E-state index contributed by atoms with van der Waals surface area (Å²) in [5.41, 5.74) is 1.31. The van der Waals surface area contributed by atoms with E-state index < -0.39 is 17.6 Å². The van der Waals surface area contributed by atoms with E-state index in [4.69, 9.17) is 0 Å². The molecule has 3 aromatic rings. The Morgan fingerprint density at radius 1 is 1.10 bits per heavy atom. The lowest BCUT2D eigenvalue weighted by Gasteiger charge is -2.08. The second kappa shape index (κ2) is 5.01. The summed E-state index contributed by atoms with van der Waals surface area (Å²) in [7, 11) is 0. The number of carboxylic acids is 1. The number of benzene rings is 2. The number of carboxylic acid groups (broad SMARTS) is 1. The van der Waals surface area contributed by atoms with E-state index in [1.807, 2.05) is 6.07 Å². The van der Waals surface area contributed by atoms with E-state index in [0.717, 1.165) is 17.5 Å². The summed E-state index contributed by atoms with van der Waals surface area (Å²) >= 11 is 0. The fraction of sp³-hybridized carbons (Fsp3) is 0.0625. The Morgan fingerprint density at radius 3 is 2.62 bits per heavy atom. The van der Waals surface area contributed by atoms with Crippen LogP contribution < -0.4 is 0 Å². The van der Waals surface area contributed by atoms with Gasteiger partial charge in [0.15, 0.2) is 11.6 Å². The van der Waals surface area contributed by atoms with Gasteiger partial charge < -0.3 is 9.67 Å². The first kappa shape index (κ1) is 13.3. The molecule has 0 bridgehead atoms. The standard InChI is InChI=1S/C16H11F2NO2/c17-13-5-4-10(8-14(13)18)9-19-7-6-11-2-1-3-12(15(11)19)16(20)21/h1-8H,9H2,(H,20,21). The smallest absolute Gasteiger partial charge is 0.337 e. The predicted molar refractivity (Wildman–Crippen MR) is 74.4 cm³/mol. The third kappa shape index (κ3) is 2.38. The highest BCUT2D eigenvalue weighted by molar-refractivity contribution is 6.02. The summed E-state index contributed by atoms with van der Waals surface area (Å²) in [6.07, 6.45) is 1.73. The summed E-state index contributed by atoms with van der Waals surface area (Å²) in [5.74, 6) is -2.84. The van der Waals surface area contributed by atoms with Gasteiger partial charge in [-0.1, -0.05) is 18.2 Å². The van der Waals surface area contributed by atoms with E-state index in [1.165, 1.54) is 12.1 Å². The van der Waals surface area contributed by atoms with Crippen LogP contribution in [0, 0.1) is 11.6 Å². The molecule has 0 spiro atoms. The zero-order valence-electron chi connectivity index (χ0n) is 10.9. The lowest BCUT2D eigenvalue weighted by molar-refractivity contribution is 0.0698. The molecule has 0 saturated carbocycles. The average molecular weight is 287 g/mol. The van der Waals surface area contributed by atoms with Crippen LogP contribution in [0.5, 0.6) is 0 Å². The number of aromatic carboxylic acids is 1. The van der Waals surface area contributed by atoms with Crippen LogP contribution >= 0.6 is 0 Å². The Balaban J connectivity index is 2.08. The minimum atomic E-state index is -1.02. The van der Waals surface area contributed by atoms with E-state index in [2.05, 4.69) is 0 Å². The summed E-state index contributed by atoms with van der Waals surface area (Å²) in [5, 5.41) is 10.0. The molecule has 1 aromatic heterocycles. The maximum absolute atomic E-state index is 13.3. The number of carbonyl (C=O) groups is 1. The molecule has 0 atom stereocenters. The Morgan fingerprint density at radius 2 is 1.90 bits per heavy atom. The van der Waals surface area contributed by atoms with Crippen molar-refractivity contribution in [1.29, 1.82) is 0 Å². The number of hydrogen-bond acceptors (Lipinski definition) is 1. The van der Waals surface area contributed by atoms with Gasteiger partial charge in [0.25, 0.3) is 0 Å². The molecule has 0 aliphatic heterocycles. The third-order valence-electron chi connectivity index (χ3n) is 3.36. The van der Waals surface area contributed by atoms with E-state index in [0.29, 0.717) is 11.1 Å². The van der Waals surface area contributed by atoms with E-state index >= 15 is 0 Å². The largest absolute Gasteiger partial charge is 0.478 e. The highest BCUT2D eigenvalue weighted by atomic mass is 19.2. The molecule has 0 aliphatic carbocycles. The normalized spacial score (nSPS) is 11.0. The van der Waals surface area contributed by atoms with Gasteiger partial charge in [-0.25, -0.2) is 13.6 Å². The van der Waals surface area contributed by atoms with Crippen molar-refractivity contribution in [3.63, 3.8) is 0 Å². The van der Waals surface area contributed by atoms with Crippen LogP contribution in [0.4, 0.5) is 8.78 Å². The zero-order valence-corrected chi connectivity index (χ0v) is 10.9. The van der Waals surface area contributed by atoms with Crippen LogP contribution in [0.15, 0.2) is 48.7 Å². The van der Waals surface area contributed by atoms with Gasteiger partial charge >= 0.3 is 5.97 Å². The molecule has 3 rings (SSSR count). The Hall–Kier alpha value is -2.69. The SMILES string of the molecule is O=C(O)c1cccc2ccn(Cc3ccc(F)c(F)c3)c12. The van der Waals surface area contributed by atoms with Crippen LogP contribution in [0.2, 0.25) is 0 Å². The van der Waals surface area contributed by atoms with Gasteiger partial charge in [0.1, 0.15) is 0 Å². The lowest BCUT2D eigenvalue weighted by Crippen LogP contribution is -2.04. The molecule has 0 unspecified atom stereocenters. The van der Waals surface area contributed by atoms with Crippen molar-refractivity contribution in [3.8, 4) is 0 Å². The van der Waals surface area contributed by atoms with Crippen LogP contribution in [0.3, 0.4) is 0 Å². The molecule has 0 amide bonds. The Bertz CT molecular complexity index is 839. The molecule has 0 saturated heterocycles. The minimum absolute atomic E-state index is 0.181. The monoisotopic (exact) mass is 287 g/mol. The molecule has 1 N–H and O–H groups in total. The summed E-state index contributed by atoms with van der Waals surface area (Å²) in [4.78, 5) is 11.3. The van der Waals surface area contributed by atoms with Crippen molar-refractivity contribution in [2.24, 2.45) is 0 Å². The molecule has 0 aliphatic rings. The van der Waals surface area contributed by atoms with Gasteiger partial charge in [-0.3, -0.25) is 0 Å². The molecule has 2 aromatic carbocycles. The van der Waals surface area contributed by atoms with Crippen LogP contribution in [-0.2, 0) is 6.54 Å². The topological polar surface area (TPSA) is 42.2 Å². The van der Waals surface area contributed by atoms with Crippen molar-refractivity contribution in [3.05, 3.63) is 71.4 Å². The Kier molecular flexibility index (Phi) is 3.17. The van der Waals surface area contributed by atoms with E-state index in [9.17, 15) is 18.7 Å². The average Bonchev–Trinajstić information content (AvgIpc) is 2.86.